The number of carbonyl (C=O) groups excluding carboxylic acids is 1. The number of nitrogens with two attached hydrogens (primary N) is 1. The van der Waals surface area contributed by atoms with E-state index >= 15 is 0 Å². The number of rotatable bonds is 4. The van der Waals surface area contributed by atoms with E-state index in [0.717, 1.165) is 23.4 Å². The molecule has 1 aromatic carbocycles. The Morgan fingerprint density at radius 3 is 2.60 bits per heavy atom. The lowest BCUT2D eigenvalue weighted by molar-refractivity contribution is -0.124. The standard InChI is InChI=1S/C15H19N3OS/c1-4-15(2,3)13(19)18-14-17-12(9-20-14)10-5-7-11(16)8-6-10/h5-9H,4,16H2,1-3H3,(H,17,18,19). The molecule has 0 aliphatic rings. The maximum absolute atomic E-state index is 12.1. The lowest BCUT2D eigenvalue weighted by atomic mass is 9.89. The summed E-state index contributed by atoms with van der Waals surface area (Å²) in [6, 6.07) is 7.53. The first-order chi connectivity index (χ1) is 9.42. The summed E-state index contributed by atoms with van der Waals surface area (Å²) in [6.45, 7) is 5.86. The normalized spacial score (nSPS) is 11.3. The van der Waals surface area contributed by atoms with Crippen molar-refractivity contribution < 1.29 is 4.79 Å². The van der Waals surface area contributed by atoms with Gasteiger partial charge in [0.1, 0.15) is 0 Å². The molecule has 2 rings (SSSR count). The van der Waals surface area contributed by atoms with Crippen LogP contribution >= 0.6 is 11.3 Å². The highest BCUT2D eigenvalue weighted by Gasteiger charge is 2.25. The molecule has 0 saturated heterocycles. The fraction of sp³-hybridized carbons (Fsp3) is 0.333. The lowest BCUT2D eigenvalue weighted by Gasteiger charge is -2.20. The second-order valence-electron chi connectivity index (χ2n) is 5.35. The molecular formula is C15H19N3OS. The number of hydrogen-bond acceptors (Lipinski definition) is 4. The number of carbonyl (C=O) groups is 1. The maximum Gasteiger partial charge on any atom is 0.231 e. The van der Waals surface area contributed by atoms with Gasteiger partial charge in [-0.3, -0.25) is 4.79 Å². The van der Waals surface area contributed by atoms with E-state index in [2.05, 4.69) is 10.3 Å². The summed E-state index contributed by atoms with van der Waals surface area (Å²) in [5.74, 6) is -0.00166. The number of nitrogen functional groups attached to an aromatic ring is 1. The van der Waals surface area contributed by atoms with Crippen LogP contribution in [0.15, 0.2) is 29.6 Å². The third kappa shape index (κ3) is 3.17. The minimum atomic E-state index is -0.382. The van der Waals surface area contributed by atoms with Crippen LogP contribution in [0.3, 0.4) is 0 Å². The molecule has 3 N–H and O–H groups in total. The number of nitrogens with zero attached hydrogens (tertiary/aromatic N) is 1. The Kier molecular flexibility index (Phi) is 4.09. The number of nitrogens with one attached hydrogen (secondary N) is 1. The van der Waals surface area contributed by atoms with Gasteiger partial charge in [0.05, 0.1) is 5.69 Å². The average molecular weight is 289 g/mol. The molecule has 0 saturated carbocycles. The zero-order chi connectivity index (χ0) is 14.8. The van der Waals surface area contributed by atoms with Crippen molar-refractivity contribution >= 4 is 28.1 Å². The first kappa shape index (κ1) is 14.5. The van der Waals surface area contributed by atoms with E-state index in [9.17, 15) is 4.79 Å². The average Bonchev–Trinajstić information content (AvgIpc) is 2.88. The van der Waals surface area contributed by atoms with Crippen LogP contribution in [-0.2, 0) is 4.79 Å². The van der Waals surface area contributed by atoms with Crippen molar-refractivity contribution in [3.05, 3.63) is 29.6 Å². The van der Waals surface area contributed by atoms with Gasteiger partial charge in [-0.1, -0.05) is 32.9 Å². The van der Waals surface area contributed by atoms with Crippen LogP contribution < -0.4 is 11.1 Å². The Morgan fingerprint density at radius 1 is 1.35 bits per heavy atom. The van der Waals surface area contributed by atoms with Gasteiger partial charge < -0.3 is 11.1 Å². The highest BCUT2D eigenvalue weighted by Crippen LogP contribution is 2.28. The van der Waals surface area contributed by atoms with Gasteiger partial charge in [-0.05, 0) is 18.6 Å². The predicted octanol–water partition coefficient (Wildman–Crippen LogP) is 3.77. The minimum absolute atomic E-state index is 0.00166. The molecule has 1 aromatic heterocycles. The SMILES string of the molecule is CCC(C)(C)C(=O)Nc1nc(-c2ccc(N)cc2)cs1. The second-order valence-corrected chi connectivity index (χ2v) is 6.21. The van der Waals surface area contributed by atoms with Gasteiger partial charge in [0.15, 0.2) is 5.13 Å². The maximum atomic E-state index is 12.1. The molecule has 0 aliphatic carbocycles. The van der Waals surface area contributed by atoms with E-state index in [0.29, 0.717) is 5.13 Å². The van der Waals surface area contributed by atoms with E-state index < -0.39 is 0 Å². The van der Waals surface area contributed by atoms with Crippen molar-refractivity contribution in [2.24, 2.45) is 5.41 Å². The quantitative estimate of drug-likeness (QED) is 0.842. The van der Waals surface area contributed by atoms with E-state index in [-0.39, 0.29) is 11.3 Å². The third-order valence-electron chi connectivity index (χ3n) is 3.43. The monoisotopic (exact) mass is 289 g/mol. The van der Waals surface area contributed by atoms with Crippen LogP contribution in [0.2, 0.25) is 0 Å². The smallest absolute Gasteiger partial charge is 0.231 e. The molecule has 0 bridgehead atoms. The topological polar surface area (TPSA) is 68.0 Å². The number of aromatic nitrogens is 1. The summed E-state index contributed by atoms with van der Waals surface area (Å²) >= 11 is 1.43. The molecule has 2 aromatic rings. The van der Waals surface area contributed by atoms with Crippen molar-refractivity contribution in [2.75, 3.05) is 11.1 Å². The largest absolute Gasteiger partial charge is 0.399 e. The van der Waals surface area contributed by atoms with Crippen LogP contribution in [0.5, 0.6) is 0 Å². The van der Waals surface area contributed by atoms with Crippen molar-refractivity contribution in [1.82, 2.24) is 4.98 Å². The van der Waals surface area contributed by atoms with Gasteiger partial charge in [-0.25, -0.2) is 4.98 Å². The number of hydrogen-bond donors (Lipinski definition) is 2. The van der Waals surface area contributed by atoms with Gasteiger partial charge in [-0.2, -0.15) is 0 Å². The summed E-state index contributed by atoms with van der Waals surface area (Å²) in [6.07, 6.45) is 0.787. The molecule has 0 spiro atoms. The van der Waals surface area contributed by atoms with Gasteiger partial charge in [0.2, 0.25) is 5.91 Å². The van der Waals surface area contributed by atoms with E-state index in [1.165, 1.54) is 11.3 Å². The molecule has 0 unspecified atom stereocenters. The summed E-state index contributed by atoms with van der Waals surface area (Å²) in [4.78, 5) is 16.5. The molecule has 5 heteroatoms. The summed E-state index contributed by atoms with van der Waals surface area (Å²) in [5, 5.41) is 5.44. The molecule has 1 heterocycles. The van der Waals surface area contributed by atoms with Gasteiger partial charge in [-0.15, -0.1) is 11.3 Å². The third-order valence-corrected chi connectivity index (χ3v) is 4.19. The van der Waals surface area contributed by atoms with Crippen LogP contribution in [0.4, 0.5) is 10.8 Å². The molecule has 0 fully saturated rings. The van der Waals surface area contributed by atoms with E-state index in [4.69, 9.17) is 5.73 Å². The van der Waals surface area contributed by atoms with Gasteiger partial charge in [0.25, 0.3) is 0 Å². The van der Waals surface area contributed by atoms with Crippen LogP contribution in [0.25, 0.3) is 11.3 Å². The molecule has 106 valence electrons. The van der Waals surface area contributed by atoms with Crippen LogP contribution in [0.1, 0.15) is 27.2 Å². The number of amides is 1. The van der Waals surface area contributed by atoms with Gasteiger partial charge >= 0.3 is 0 Å². The summed E-state index contributed by atoms with van der Waals surface area (Å²) in [7, 11) is 0. The Balaban J connectivity index is 2.14. The Morgan fingerprint density at radius 2 is 2.00 bits per heavy atom. The van der Waals surface area contributed by atoms with Crippen molar-refractivity contribution in [3.63, 3.8) is 0 Å². The Labute approximate surface area is 123 Å². The molecule has 4 nitrogen and oxygen atoms in total. The van der Waals surface area contributed by atoms with E-state index in [1.54, 1.807) is 0 Å². The first-order valence-corrected chi connectivity index (χ1v) is 7.43. The fourth-order valence-corrected chi connectivity index (χ4v) is 2.26. The second kappa shape index (κ2) is 5.63. The predicted molar refractivity (Wildman–Crippen MR) is 84.7 cm³/mol. The van der Waals surface area contributed by atoms with Crippen LogP contribution in [-0.4, -0.2) is 10.9 Å². The van der Waals surface area contributed by atoms with E-state index in [1.807, 2.05) is 50.4 Å². The molecule has 20 heavy (non-hydrogen) atoms. The Bertz CT molecular complexity index is 602. The molecule has 0 aliphatic heterocycles. The Hall–Kier alpha value is -1.88. The minimum Gasteiger partial charge on any atom is -0.399 e. The number of benzene rings is 1. The van der Waals surface area contributed by atoms with Crippen molar-refractivity contribution in [2.45, 2.75) is 27.2 Å². The molecule has 1 amide bonds. The number of thiazole rings is 1. The molecular weight excluding hydrogens is 270 g/mol. The zero-order valence-corrected chi connectivity index (χ0v) is 12.8. The zero-order valence-electron chi connectivity index (χ0n) is 11.9. The van der Waals surface area contributed by atoms with Crippen LogP contribution in [0, 0.1) is 5.41 Å². The highest BCUT2D eigenvalue weighted by molar-refractivity contribution is 7.14. The number of anilines is 2. The molecule has 0 atom stereocenters. The summed E-state index contributed by atoms with van der Waals surface area (Å²) < 4.78 is 0. The van der Waals surface area contributed by atoms with Gasteiger partial charge in [0, 0.05) is 22.0 Å². The molecule has 0 radical (unpaired) electrons. The highest BCUT2D eigenvalue weighted by atomic mass is 32.1. The van der Waals surface area contributed by atoms with Crippen molar-refractivity contribution in [1.29, 1.82) is 0 Å². The fourth-order valence-electron chi connectivity index (χ4n) is 1.54. The lowest BCUT2D eigenvalue weighted by Crippen LogP contribution is -2.29. The summed E-state index contributed by atoms with van der Waals surface area (Å²) in [5.41, 5.74) is 7.84. The first-order valence-electron chi connectivity index (χ1n) is 6.55. The van der Waals surface area contributed by atoms with Crippen molar-refractivity contribution in [3.8, 4) is 11.3 Å².